The summed E-state index contributed by atoms with van der Waals surface area (Å²) in [7, 11) is 1.49. The van der Waals surface area contributed by atoms with E-state index in [0.717, 1.165) is 16.0 Å². The van der Waals surface area contributed by atoms with E-state index in [9.17, 15) is 14.4 Å². The molecule has 1 aliphatic rings. The van der Waals surface area contributed by atoms with Crippen LogP contribution in [0.4, 0.5) is 10.5 Å². The summed E-state index contributed by atoms with van der Waals surface area (Å²) in [5, 5.41) is 3.41. The highest BCUT2D eigenvalue weighted by molar-refractivity contribution is 14.1. The zero-order valence-corrected chi connectivity index (χ0v) is 26.3. The third-order valence-corrected chi connectivity index (χ3v) is 7.98. The fourth-order valence-electron chi connectivity index (χ4n) is 4.26. The SMILES string of the molecule is COc1cc(/C=C2\C(=O)NC(=O)N(c3ccc(OCc4ccccc4Cl)cc3)C2=O)cc(I)c1OCc1ccccc1Cl. The largest absolute Gasteiger partial charge is 0.493 e. The lowest BCUT2D eigenvalue weighted by Crippen LogP contribution is -2.54. The van der Waals surface area contributed by atoms with Gasteiger partial charge in [0.2, 0.25) is 0 Å². The van der Waals surface area contributed by atoms with E-state index in [-0.39, 0.29) is 24.5 Å². The molecule has 0 aromatic heterocycles. The molecular weight excluding hydrogens is 706 g/mol. The average molecular weight is 729 g/mol. The number of rotatable bonds is 9. The second-order valence-electron chi connectivity index (χ2n) is 9.25. The minimum Gasteiger partial charge on any atom is -0.493 e. The first-order chi connectivity index (χ1) is 20.7. The number of hydrogen-bond acceptors (Lipinski definition) is 6. The minimum absolute atomic E-state index is 0.217. The topological polar surface area (TPSA) is 94.2 Å². The van der Waals surface area contributed by atoms with Crippen LogP contribution >= 0.6 is 45.8 Å². The van der Waals surface area contributed by atoms with E-state index in [0.29, 0.717) is 36.4 Å². The number of nitrogens with zero attached hydrogens (tertiary/aromatic N) is 1. The summed E-state index contributed by atoms with van der Waals surface area (Å²) in [6.45, 7) is 0.462. The number of halogens is 3. The second kappa shape index (κ2) is 13.5. The number of carbonyl (C=O) groups is 3. The van der Waals surface area contributed by atoms with Crippen LogP contribution in [0.5, 0.6) is 17.2 Å². The standard InChI is InChI=1S/C32H23Cl2IN2O6/c1-41-28-16-19(15-27(35)29(28)43-18-21-7-3-5-9-26(21)34)14-24-30(38)36-32(40)37(31(24)39)22-10-12-23(13-11-22)42-17-20-6-2-4-8-25(20)33/h2-16H,17-18H2,1H3,(H,36,38,40)/b24-14+. The number of nitrogens with one attached hydrogen (secondary N) is 1. The number of methoxy groups -OCH3 is 1. The van der Waals surface area contributed by atoms with Gasteiger partial charge >= 0.3 is 6.03 Å². The highest BCUT2D eigenvalue weighted by Gasteiger charge is 2.37. The van der Waals surface area contributed by atoms with Gasteiger partial charge in [-0.3, -0.25) is 14.9 Å². The Morgan fingerprint density at radius 3 is 2.05 bits per heavy atom. The van der Waals surface area contributed by atoms with Crippen LogP contribution in [0.2, 0.25) is 10.0 Å². The van der Waals surface area contributed by atoms with Crippen LogP contribution in [0, 0.1) is 3.57 Å². The minimum atomic E-state index is -0.854. The molecule has 4 aromatic carbocycles. The van der Waals surface area contributed by atoms with Crippen LogP contribution in [0.1, 0.15) is 16.7 Å². The van der Waals surface area contributed by atoms with E-state index in [1.807, 2.05) is 36.4 Å². The zero-order chi connectivity index (χ0) is 30.5. The number of urea groups is 1. The summed E-state index contributed by atoms with van der Waals surface area (Å²) >= 11 is 14.5. The van der Waals surface area contributed by atoms with Gasteiger partial charge in [0.25, 0.3) is 11.8 Å². The van der Waals surface area contributed by atoms with Gasteiger partial charge in [-0.05, 0) is 82.8 Å². The highest BCUT2D eigenvalue weighted by Crippen LogP contribution is 2.36. The summed E-state index contributed by atoms with van der Waals surface area (Å²) in [6, 6.07) is 23.6. The van der Waals surface area contributed by atoms with E-state index >= 15 is 0 Å². The number of imide groups is 2. The molecule has 1 N–H and O–H groups in total. The van der Waals surface area contributed by atoms with Crippen LogP contribution in [0.25, 0.3) is 6.08 Å². The lowest BCUT2D eigenvalue weighted by Gasteiger charge is -2.26. The molecule has 5 rings (SSSR count). The van der Waals surface area contributed by atoms with Crippen molar-refractivity contribution in [2.24, 2.45) is 0 Å². The number of carbonyl (C=O) groups excluding carboxylic acids is 3. The first kappa shape index (κ1) is 30.4. The maximum absolute atomic E-state index is 13.4. The molecule has 43 heavy (non-hydrogen) atoms. The van der Waals surface area contributed by atoms with Crippen molar-refractivity contribution >= 4 is 75.4 Å². The Balaban J connectivity index is 1.35. The molecule has 0 saturated carbocycles. The molecule has 0 atom stereocenters. The van der Waals surface area contributed by atoms with Gasteiger partial charge in [0.15, 0.2) is 11.5 Å². The summed E-state index contributed by atoms with van der Waals surface area (Å²) in [5.41, 5.74) is 2.17. The number of amides is 4. The number of ether oxygens (including phenoxy) is 3. The van der Waals surface area contributed by atoms with Gasteiger partial charge in [0.1, 0.15) is 24.5 Å². The van der Waals surface area contributed by atoms with Crippen LogP contribution in [0.3, 0.4) is 0 Å². The number of barbiturate groups is 1. The maximum Gasteiger partial charge on any atom is 0.335 e. The molecule has 1 fully saturated rings. The Morgan fingerprint density at radius 2 is 1.44 bits per heavy atom. The average Bonchev–Trinajstić information content (AvgIpc) is 2.99. The molecule has 1 heterocycles. The smallest absolute Gasteiger partial charge is 0.335 e. The predicted molar refractivity (Wildman–Crippen MR) is 173 cm³/mol. The molecule has 4 aromatic rings. The Labute approximate surface area is 271 Å². The maximum atomic E-state index is 13.4. The molecule has 8 nitrogen and oxygen atoms in total. The number of hydrogen-bond donors (Lipinski definition) is 1. The van der Waals surface area contributed by atoms with Crippen molar-refractivity contribution in [3.05, 3.63) is 121 Å². The molecule has 0 unspecified atom stereocenters. The van der Waals surface area contributed by atoms with Gasteiger partial charge in [0.05, 0.1) is 16.4 Å². The molecule has 0 aliphatic carbocycles. The van der Waals surface area contributed by atoms with Gasteiger partial charge in [0, 0.05) is 21.2 Å². The lowest BCUT2D eigenvalue weighted by atomic mass is 10.1. The van der Waals surface area contributed by atoms with Crippen molar-refractivity contribution in [1.82, 2.24) is 5.32 Å². The summed E-state index contributed by atoms with van der Waals surface area (Å²) in [6.07, 6.45) is 1.40. The van der Waals surface area contributed by atoms with E-state index in [1.165, 1.54) is 13.2 Å². The normalized spacial score (nSPS) is 14.1. The van der Waals surface area contributed by atoms with Crippen molar-refractivity contribution in [1.29, 1.82) is 0 Å². The fraction of sp³-hybridized carbons (Fsp3) is 0.0938. The van der Waals surface area contributed by atoms with Gasteiger partial charge in [-0.15, -0.1) is 0 Å². The number of anilines is 1. The molecule has 1 aliphatic heterocycles. The molecule has 4 amide bonds. The van der Waals surface area contributed by atoms with Crippen molar-refractivity contribution in [2.45, 2.75) is 13.2 Å². The first-order valence-corrected chi connectivity index (χ1v) is 14.7. The molecule has 218 valence electrons. The van der Waals surface area contributed by atoms with Crippen LogP contribution in [0.15, 0.2) is 90.5 Å². The summed E-state index contributed by atoms with van der Waals surface area (Å²) in [4.78, 5) is 39.8. The van der Waals surface area contributed by atoms with E-state index in [1.54, 1.807) is 48.5 Å². The summed E-state index contributed by atoms with van der Waals surface area (Å²) < 4.78 is 18.0. The monoisotopic (exact) mass is 728 g/mol. The zero-order valence-electron chi connectivity index (χ0n) is 22.6. The Hall–Kier alpha value is -4.06. The van der Waals surface area contributed by atoms with Crippen LogP contribution < -0.4 is 24.4 Å². The third-order valence-electron chi connectivity index (χ3n) is 6.44. The lowest BCUT2D eigenvalue weighted by molar-refractivity contribution is -0.122. The molecule has 1 saturated heterocycles. The number of benzene rings is 4. The van der Waals surface area contributed by atoms with Crippen molar-refractivity contribution in [2.75, 3.05) is 12.0 Å². The molecular formula is C32H23Cl2IN2O6. The fourth-order valence-corrected chi connectivity index (χ4v) is 5.42. The third kappa shape index (κ3) is 6.96. The van der Waals surface area contributed by atoms with E-state index in [2.05, 4.69) is 27.9 Å². The molecule has 0 radical (unpaired) electrons. The van der Waals surface area contributed by atoms with Crippen LogP contribution in [-0.4, -0.2) is 25.0 Å². The molecule has 11 heteroatoms. The van der Waals surface area contributed by atoms with Crippen LogP contribution in [-0.2, 0) is 22.8 Å². The predicted octanol–water partition coefficient (Wildman–Crippen LogP) is 7.43. The van der Waals surface area contributed by atoms with Gasteiger partial charge < -0.3 is 14.2 Å². The van der Waals surface area contributed by atoms with E-state index in [4.69, 9.17) is 37.4 Å². The van der Waals surface area contributed by atoms with Crippen molar-refractivity contribution in [3.8, 4) is 17.2 Å². The summed E-state index contributed by atoms with van der Waals surface area (Å²) in [5.74, 6) is -0.183. The van der Waals surface area contributed by atoms with Crippen molar-refractivity contribution in [3.63, 3.8) is 0 Å². The molecule has 0 spiro atoms. The van der Waals surface area contributed by atoms with Crippen molar-refractivity contribution < 1.29 is 28.6 Å². The highest BCUT2D eigenvalue weighted by atomic mass is 127. The van der Waals surface area contributed by atoms with Gasteiger partial charge in [-0.1, -0.05) is 59.6 Å². The Kier molecular flexibility index (Phi) is 9.54. The van der Waals surface area contributed by atoms with E-state index < -0.39 is 17.8 Å². The van der Waals surface area contributed by atoms with Gasteiger partial charge in [-0.2, -0.15) is 0 Å². The molecule has 0 bridgehead atoms. The quantitative estimate of drug-likeness (QED) is 0.110. The van der Waals surface area contributed by atoms with Gasteiger partial charge in [-0.25, -0.2) is 9.69 Å². The first-order valence-electron chi connectivity index (χ1n) is 12.9. The second-order valence-corrected chi connectivity index (χ2v) is 11.2. The Morgan fingerprint density at radius 1 is 0.837 bits per heavy atom. The Bertz CT molecular complexity index is 1740.